The Balaban J connectivity index is 4.28. The van der Waals surface area contributed by atoms with E-state index in [1.54, 1.807) is 0 Å². The third kappa shape index (κ3) is 45.3. The highest BCUT2D eigenvalue weighted by Crippen LogP contribution is 2.17. The summed E-state index contributed by atoms with van der Waals surface area (Å²) in [7, 11) is 0. The van der Waals surface area contributed by atoms with Crippen molar-refractivity contribution in [2.24, 2.45) is 11.8 Å². The van der Waals surface area contributed by atoms with E-state index >= 15 is 0 Å². The number of ether oxygens (including phenoxy) is 3. The molecule has 0 aromatic rings. The standard InChI is InChI=1S/C51H98O6/c1-6-7-8-9-10-11-12-13-16-19-22-25-31-36-41-49(52)55-44-48(45-56-50(53)42-37-32-28-27-30-35-40-47(4)5)57-51(54)43-38-33-26-23-20-17-14-15-18-21-24-29-34-39-46(2)3/h46-48H,6-45H2,1-5H3/t48-/m1/s1. The van der Waals surface area contributed by atoms with Gasteiger partial charge in [-0.15, -0.1) is 0 Å². The number of hydrogen-bond acceptors (Lipinski definition) is 6. The first-order valence-electron chi connectivity index (χ1n) is 25.2. The Kier molecular flexibility index (Phi) is 42.7. The average molecular weight is 807 g/mol. The molecule has 0 spiro atoms. The van der Waals surface area contributed by atoms with Crippen LogP contribution < -0.4 is 0 Å². The maximum atomic E-state index is 12.8. The van der Waals surface area contributed by atoms with Crippen LogP contribution >= 0.6 is 0 Å². The zero-order chi connectivity index (χ0) is 41.9. The first-order chi connectivity index (χ1) is 27.7. The zero-order valence-corrected chi connectivity index (χ0v) is 39.0. The molecule has 0 aromatic heterocycles. The maximum absolute atomic E-state index is 12.8. The number of rotatable bonds is 45. The summed E-state index contributed by atoms with van der Waals surface area (Å²) < 4.78 is 16.8. The molecule has 0 aliphatic carbocycles. The Morgan fingerprint density at radius 2 is 0.579 bits per heavy atom. The summed E-state index contributed by atoms with van der Waals surface area (Å²) in [5, 5.41) is 0. The van der Waals surface area contributed by atoms with Gasteiger partial charge in [0.2, 0.25) is 0 Å². The number of carbonyl (C=O) groups is 3. The van der Waals surface area contributed by atoms with Gasteiger partial charge < -0.3 is 14.2 Å². The van der Waals surface area contributed by atoms with Crippen LogP contribution in [0.1, 0.15) is 279 Å². The van der Waals surface area contributed by atoms with E-state index in [-0.39, 0.29) is 31.1 Å². The Morgan fingerprint density at radius 3 is 0.860 bits per heavy atom. The summed E-state index contributed by atoms with van der Waals surface area (Å²) in [6, 6.07) is 0. The minimum atomic E-state index is -0.761. The quantitative estimate of drug-likeness (QED) is 0.0346. The second-order valence-corrected chi connectivity index (χ2v) is 18.4. The molecular formula is C51H98O6. The molecule has 0 rings (SSSR count). The van der Waals surface area contributed by atoms with Crippen LogP contribution in [0.2, 0.25) is 0 Å². The van der Waals surface area contributed by atoms with E-state index in [4.69, 9.17) is 14.2 Å². The van der Waals surface area contributed by atoms with Gasteiger partial charge in [-0.2, -0.15) is 0 Å². The Bertz CT molecular complexity index is 870. The second kappa shape index (κ2) is 44.0. The van der Waals surface area contributed by atoms with Gasteiger partial charge in [0.15, 0.2) is 6.10 Å². The lowest BCUT2D eigenvalue weighted by Gasteiger charge is -2.18. The van der Waals surface area contributed by atoms with Crippen molar-refractivity contribution >= 4 is 17.9 Å². The molecule has 0 aliphatic heterocycles. The molecule has 0 unspecified atom stereocenters. The topological polar surface area (TPSA) is 78.9 Å². The summed E-state index contributed by atoms with van der Waals surface area (Å²) in [5.74, 6) is 0.747. The van der Waals surface area contributed by atoms with Crippen LogP contribution in [-0.4, -0.2) is 37.2 Å². The molecule has 6 nitrogen and oxygen atoms in total. The van der Waals surface area contributed by atoms with Crippen LogP contribution in [-0.2, 0) is 28.6 Å². The maximum Gasteiger partial charge on any atom is 0.306 e. The first kappa shape index (κ1) is 55.4. The monoisotopic (exact) mass is 807 g/mol. The van der Waals surface area contributed by atoms with Gasteiger partial charge >= 0.3 is 17.9 Å². The van der Waals surface area contributed by atoms with Crippen molar-refractivity contribution in [1.29, 1.82) is 0 Å². The molecule has 57 heavy (non-hydrogen) atoms. The van der Waals surface area contributed by atoms with Gasteiger partial charge in [-0.3, -0.25) is 14.4 Å². The van der Waals surface area contributed by atoms with Crippen molar-refractivity contribution < 1.29 is 28.6 Å². The largest absolute Gasteiger partial charge is 0.462 e. The van der Waals surface area contributed by atoms with Crippen molar-refractivity contribution in [2.45, 2.75) is 285 Å². The lowest BCUT2D eigenvalue weighted by atomic mass is 10.0. The number of unbranched alkanes of at least 4 members (excludes halogenated alkanes) is 30. The van der Waals surface area contributed by atoms with E-state index in [0.717, 1.165) is 69.6 Å². The third-order valence-corrected chi connectivity index (χ3v) is 11.5. The van der Waals surface area contributed by atoms with Crippen molar-refractivity contribution in [2.75, 3.05) is 13.2 Å². The van der Waals surface area contributed by atoms with Crippen LogP contribution in [0.3, 0.4) is 0 Å². The Hall–Kier alpha value is -1.59. The molecular weight excluding hydrogens is 709 g/mol. The SMILES string of the molecule is CCCCCCCCCCCCCCCCC(=O)OC[C@H](COC(=O)CCCCCCCCC(C)C)OC(=O)CCCCCCCCCCCCCCCC(C)C. The molecule has 0 saturated carbocycles. The van der Waals surface area contributed by atoms with Crippen LogP contribution in [0.25, 0.3) is 0 Å². The van der Waals surface area contributed by atoms with Crippen molar-refractivity contribution in [3.05, 3.63) is 0 Å². The molecule has 0 saturated heterocycles. The smallest absolute Gasteiger partial charge is 0.306 e. The predicted octanol–water partition coefficient (Wildman–Crippen LogP) is 16.1. The van der Waals surface area contributed by atoms with Gasteiger partial charge in [-0.05, 0) is 31.1 Å². The Morgan fingerprint density at radius 1 is 0.333 bits per heavy atom. The highest BCUT2D eigenvalue weighted by molar-refractivity contribution is 5.71. The highest BCUT2D eigenvalue weighted by atomic mass is 16.6. The van der Waals surface area contributed by atoms with Crippen LogP contribution in [0.4, 0.5) is 0 Å². The van der Waals surface area contributed by atoms with E-state index in [0.29, 0.717) is 19.3 Å². The summed E-state index contributed by atoms with van der Waals surface area (Å²) in [4.78, 5) is 37.8. The van der Waals surface area contributed by atoms with Gasteiger partial charge in [0, 0.05) is 19.3 Å². The van der Waals surface area contributed by atoms with E-state index in [1.165, 1.54) is 167 Å². The lowest BCUT2D eigenvalue weighted by Crippen LogP contribution is -2.30. The molecule has 0 heterocycles. The molecule has 0 N–H and O–H groups in total. The Labute approximate surface area is 355 Å². The summed E-state index contributed by atoms with van der Waals surface area (Å²) in [5.41, 5.74) is 0. The molecule has 1 atom stereocenters. The molecule has 0 radical (unpaired) electrons. The zero-order valence-electron chi connectivity index (χ0n) is 39.0. The average Bonchev–Trinajstić information content (AvgIpc) is 3.18. The van der Waals surface area contributed by atoms with Crippen LogP contribution in [0, 0.1) is 11.8 Å². The van der Waals surface area contributed by atoms with E-state index in [9.17, 15) is 14.4 Å². The van der Waals surface area contributed by atoms with Gasteiger partial charge in [-0.1, -0.05) is 240 Å². The molecule has 0 aliphatic rings. The minimum Gasteiger partial charge on any atom is -0.462 e. The van der Waals surface area contributed by atoms with Gasteiger partial charge in [-0.25, -0.2) is 0 Å². The van der Waals surface area contributed by atoms with Gasteiger partial charge in [0.05, 0.1) is 0 Å². The fraction of sp³-hybridized carbons (Fsp3) is 0.941. The second-order valence-electron chi connectivity index (χ2n) is 18.4. The molecule has 0 bridgehead atoms. The van der Waals surface area contributed by atoms with Gasteiger partial charge in [0.25, 0.3) is 0 Å². The van der Waals surface area contributed by atoms with Crippen molar-refractivity contribution in [3.8, 4) is 0 Å². The number of carbonyl (C=O) groups excluding carboxylic acids is 3. The molecule has 0 aromatic carbocycles. The van der Waals surface area contributed by atoms with Crippen molar-refractivity contribution in [3.63, 3.8) is 0 Å². The van der Waals surface area contributed by atoms with E-state index < -0.39 is 6.10 Å². The first-order valence-corrected chi connectivity index (χ1v) is 25.2. The van der Waals surface area contributed by atoms with Gasteiger partial charge in [0.1, 0.15) is 13.2 Å². The lowest BCUT2D eigenvalue weighted by molar-refractivity contribution is -0.167. The fourth-order valence-electron chi connectivity index (χ4n) is 7.64. The van der Waals surface area contributed by atoms with E-state index in [1.807, 2.05) is 0 Å². The molecule has 6 heteroatoms. The van der Waals surface area contributed by atoms with Crippen molar-refractivity contribution in [1.82, 2.24) is 0 Å². The van der Waals surface area contributed by atoms with E-state index in [2.05, 4.69) is 34.6 Å². The predicted molar refractivity (Wildman–Crippen MR) is 243 cm³/mol. The number of hydrogen-bond donors (Lipinski definition) is 0. The van der Waals surface area contributed by atoms with Crippen LogP contribution in [0.15, 0.2) is 0 Å². The molecule has 0 amide bonds. The fourth-order valence-corrected chi connectivity index (χ4v) is 7.64. The minimum absolute atomic E-state index is 0.0645. The summed E-state index contributed by atoms with van der Waals surface area (Å²) in [6.45, 7) is 11.3. The molecule has 0 fully saturated rings. The summed E-state index contributed by atoms with van der Waals surface area (Å²) >= 11 is 0. The van der Waals surface area contributed by atoms with Crippen LogP contribution in [0.5, 0.6) is 0 Å². The number of esters is 3. The molecule has 338 valence electrons. The highest BCUT2D eigenvalue weighted by Gasteiger charge is 2.19. The summed E-state index contributed by atoms with van der Waals surface area (Å²) in [6.07, 6.45) is 43.9. The third-order valence-electron chi connectivity index (χ3n) is 11.5. The normalized spacial score (nSPS) is 12.1.